The molecule has 40 heavy (non-hydrogen) atoms. The summed E-state index contributed by atoms with van der Waals surface area (Å²) in [6.45, 7) is 6.00. The fourth-order valence-corrected chi connectivity index (χ4v) is 5.30. The van der Waals surface area contributed by atoms with Crippen molar-refractivity contribution in [2.45, 2.75) is 32.3 Å². The van der Waals surface area contributed by atoms with Crippen LogP contribution in [0, 0.1) is 5.82 Å². The molecule has 1 aromatic carbocycles. The number of nitrogens with zero attached hydrogens (tertiary/aromatic N) is 7. The van der Waals surface area contributed by atoms with Gasteiger partial charge in [-0.1, -0.05) is 24.3 Å². The molecule has 6 rings (SSSR count). The Morgan fingerprint density at radius 3 is 2.35 bits per heavy atom. The average molecular weight is 540 g/mol. The Balaban J connectivity index is 1.18. The number of carbonyl (C=O) groups is 1. The Hall–Kier alpha value is -4.44. The lowest BCUT2D eigenvalue weighted by molar-refractivity contribution is -0.128. The third-order valence-electron chi connectivity index (χ3n) is 7.83. The summed E-state index contributed by atoms with van der Waals surface area (Å²) in [6, 6.07) is 7.91. The Morgan fingerprint density at radius 2 is 1.70 bits per heavy atom. The second kappa shape index (κ2) is 10.3. The van der Waals surface area contributed by atoms with Crippen molar-refractivity contribution >= 4 is 28.4 Å². The molecule has 0 unspecified atom stereocenters. The van der Waals surface area contributed by atoms with E-state index in [0.717, 1.165) is 48.4 Å². The largest absolute Gasteiger partial charge is 0.381 e. The zero-order valence-corrected chi connectivity index (χ0v) is 22.5. The molecule has 4 aromatic rings. The first-order valence-corrected chi connectivity index (χ1v) is 13.3. The molecule has 0 aliphatic carbocycles. The minimum Gasteiger partial charge on any atom is -0.381 e. The van der Waals surface area contributed by atoms with E-state index in [2.05, 4.69) is 43.2 Å². The van der Waals surface area contributed by atoms with Gasteiger partial charge in [-0.15, -0.1) is 0 Å². The third kappa shape index (κ3) is 4.86. The lowest BCUT2D eigenvalue weighted by Gasteiger charge is -2.27. The molecule has 3 aromatic heterocycles. The number of fused-ring (bicyclic) bond motifs is 1. The third-order valence-corrected chi connectivity index (χ3v) is 7.83. The number of hydrogen-bond acceptors (Lipinski definition) is 7. The summed E-state index contributed by atoms with van der Waals surface area (Å²) in [5.74, 6) is 1.24. The molecule has 1 atom stereocenters. The van der Waals surface area contributed by atoms with Gasteiger partial charge in [0.25, 0.3) is 0 Å². The zero-order valence-electron chi connectivity index (χ0n) is 22.5. The lowest BCUT2D eigenvalue weighted by atomic mass is 9.90. The van der Waals surface area contributed by atoms with Crippen LogP contribution in [0.2, 0.25) is 0 Å². The molecule has 204 valence electrons. The summed E-state index contributed by atoms with van der Waals surface area (Å²) in [6.07, 6.45) is 12.6. The van der Waals surface area contributed by atoms with E-state index in [1.165, 1.54) is 17.7 Å². The SMILES string of the molecule is CC(=O)N1CC=C(c2cc3c(N4CC=C(c5ncc([C@](C)(O)c6ccc(F)cc6)cn5)CC4)ncnn3c2)CC1. The minimum absolute atomic E-state index is 0.0984. The highest BCUT2D eigenvalue weighted by molar-refractivity contribution is 5.80. The molecule has 0 bridgehead atoms. The van der Waals surface area contributed by atoms with Crippen LogP contribution >= 0.6 is 0 Å². The van der Waals surface area contributed by atoms with Crippen molar-refractivity contribution in [3.63, 3.8) is 0 Å². The van der Waals surface area contributed by atoms with E-state index in [0.29, 0.717) is 30.0 Å². The van der Waals surface area contributed by atoms with Gasteiger partial charge in [0, 0.05) is 57.3 Å². The van der Waals surface area contributed by atoms with Gasteiger partial charge in [0.15, 0.2) is 11.6 Å². The molecule has 1 amide bonds. The van der Waals surface area contributed by atoms with Gasteiger partial charge in [0.1, 0.15) is 23.3 Å². The van der Waals surface area contributed by atoms with Crippen LogP contribution < -0.4 is 4.90 Å². The van der Waals surface area contributed by atoms with Crippen LogP contribution in [0.25, 0.3) is 16.7 Å². The molecular formula is C30H30FN7O2. The fraction of sp³-hybridized carbons (Fsp3) is 0.300. The summed E-state index contributed by atoms with van der Waals surface area (Å²) in [5, 5.41) is 15.5. The molecule has 0 saturated heterocycles. The Bertz CT molecular complexity index is 1620. The number of hydrogen-bond donors (Lipinski definition) is 1. The lowest BCUT2D eigenvalue weighted by Crippen LogP contribution is -2.32. The standard InChI is InChI=1S/C30H30FN7O2/c1-20(39)36-11-7-21(8-12-36)23-15-27-29(34-19-35-38(27)18-23)37-13-9-22(10-14-37)28-32-16-25(17-33-28)30(2,40)24-3-5-26(31)6-4-24/h3-7,9,15-19,40H,8,10-14H2,1-2H3/t30-/m1/s1. The van der Waals surface area contributed by atoms with Gasteiger partial charge < -0.3 is 14.9 Å². The topological polar surface area (TPSA) is 99.8 Å². The van der Waals surface area contributed by atoms with Crippen LogP contribution in [0.5, 0.6) is 0 Å². The van der Waals surface area contributed by atoms with Crippen molar-refractivity contribution in [3.8, 4) is 0 Å². The van der Waals surface area contributed by atoms with Crippen molar-refractivity contribution < 1.29 is 14.3 Å². The molecule has 0 saturated carbocycles. The van der Waals surface area contributed by atoms with E-state index < -0.39 is 5.60 Å². The molecule has 0 radical (unpaired) electrons. The minimum atomic E-state index is -1.33. The second-order valence-corrected chi connectivity index (χ2v) is 10.4. The predicted octanol–water partition coefficient (Wildman–Crippen LogP) is 3.84. The first kappa shape index (κ1) is 25.8. The van der Waals surface area contributed by atoms with Crippen LogP contribution in [-0.2, 0) is 10.4 Å². The smallest absolute Gasteiger partial charge is 0.219 e. The fourth-order valence-electron chi connectivity index (χ4n) is 5.30. The van der Waals surface area contributed by atoms with Gasteiger partial charge in [-0.3, -0.25) is 4.79 Å². The van der Waals surface area contributed by atoms with Gasteiger partial charge in [-0.25, -0.2) is 23.9 Å². The molecule has 9 nitrogen and oxygen atoms in total. The zero-order chi connectivity index (χ0) is 27.9. The average Bonchev–Trinajstić information content (AvgIpc) is 3.42. The number of halogens is 1. The highest BCUT2D eigenvalue weighted by atomic mass is 19.1. The maximum Gasteiger partial charge on any atom is 0.219 e. The Labute approximate surface area is 231 Å². The molecule has 2 aliphatic heterocycles. The molecule has 0 spiro atoms. The molecular weight excluding hydrogens is 509 g/mol. The van der Waals surface area contributed by atoms with E-state index in [4.69, 9.17) is 0 Å². The summed E-state index contributed by atoms with van der Waals surface area (Å²) in [5.41, 5.74) is 4.06. The highest BCUT2D eigenvalue weighted by Gasteiger charge is 2.27. The monoisotopic (exact) mass is 539 g/mol. The van der Waals surface area contributed by atoms with Crippen LogP contribution in [0.4, 0.5) is 10.2 Å². The van der Waals surface area contributed by atoms with Crippen molar-refractivity contribution in [2.24, 2.45) is 0 Å². The summed E-state index contributed by atoms with van der Waals surface area (Å²) >= 11 is 0. The van der Waals surface area contributed by atoms with E-state index in [9.17, 15) is 14.3 Å². The van der Waals surface area contributed by atoms with Crippen LogP contribution in [0.3, 0.4) is 0 Å². The summed E-state index contributed by atoms with van der Waals surface area (Å²) < 4.78 is 15.2. The van der Waals surface area contributed by atoms with Gasteiger partial charge >= 0.3 is 0 Å². The number of rotatable bonds is 5. The van der Waals surface area contributed by atoms with Crippen molar-refractivity contribution in [3.05, 3.63) is 95.7 Å². The van der Waals surface area contributed by atoms with E-state index in [1.54, 1.807) is 44.7 Å². The Kier molecular flexibility index (Phi) is 6.63. The normalized spacial score (nSPS) is 17.4. The van der Waals surface area contributed by atoms with E-state index >= 15 is 0 Å². The quantitative estimate of drug-likeness (QED) is 0.411. The Morgan fingerprint density at radius 1 is 0.975 bits per heavy atom. The van der Waals surface area contributed by atoms with Crippen molar-refractivity contribution in [1.29, 1.82) is 0 Å². The number of carbonyl (C=O) groups excluding carboxylic acids is 1. The van der Waals surface area contributed by atoms with Crippen LogP contribution in [0.1, 0.15) is 49.2 Å². The first-order chi connectivity index (χ1) is 19.3. The molecule has 0 fully saturated rings. The number of aromatic nitrogens is 5. The summed E-state index contributed by atoms with van der Waals surface area (Å²) in [4.78, 5) is 29.4. The van der Waals surface area contributed by atoms with Crippen molar-refractivity contribution in [1.82, 2.24) is 29.5 Å². The van der Waals surface area contributed by atoms with Gasteiger partial charge in [-0.2, -0.15) is 5.10 Å². The number of amides is 1. The van der Waals surface area contributed by atoms with Crippen molar-refractivity contribution in [2.75, 3.05) is 31.1 Å². The van der Waals surface area contributed by atoms with E-state index in [-0.39, 0.29) is 11.7 Å². The first-order valence-electron chi connectivity index (χ1n) is 13.3. The van der Waals surface area contributed by atoms with Gasteiger partial charge in [-0.05, 0) is 60.2 Å². The molecule has 10 heteroatoms. The van der Waals surface area contributed by atoms with Crippen LogP contribution in [0.15, 0.2) is 67.4 Å². The number of aliphatic hydroxyl groups is 1. The maximum absolute atomic E-state index is 13.3. The van der Waals surface area contributed by atoms with Gasteiger partial charge in [0.05, 0.1) is 0 Å². The highest BCUT2D eigenvalue weighted by Crippen LogP contribution is 2.31. The summed E-state index contributed by atoms with van der Waals surface area (Å²) in [7, 11) is 0. The molecule has 5 heterocycles. The number of benzene rings is 1. The predicted molar refractivity (Wildman–Crippen MR) is 150 cm³/mol. The second-order valence-electron chi connectivity index (χ2n) is 10.4. The molecule has 1 N–H and O–H groups in total. The van der Waals surface area contributed by atoms with E-state index in [1.807, 2.05) is 15.6 Å². The van der Waals surface area contributed by atoms with Crippen LogP contribution in [-0.4, -0.2) is 66.7 Å². The maximum atomic E-state index is 13.3. The van der Waals surface area contributed by atoms with Gasteiger partial charge in [0.2, 0.25) is 5.91 Å². The number of anilines is 1. The molecule has 2 aliphatic rings.